The van der Waals surface area contributed by atoms with Crippen LogP contribution in [0, 0.1) is 0 Å². The van der Waals surface area contributed by atoms with E-state index in [1.165, 1.54) is 13.3 Å². The van der Waals surface area contributed by atoms with Crippen LogP contribution in [-0.2, 0) is 0 Å². The van der Waals surface area contributed by atoms with Crippen LogP contribution in [0.1, 0.15) is 11.7 Å². The van der Waals surface area contributed by atoms with Crippen molar-refractivity contribution in [3.63, 3.8) is 0 Å². The fourth-order valence-electron chi connectivity index (χ4n) is 1.34. The number of pyridine rings is 1. The predicted molar refractivity (Wildman–Crippen MR) is 60.1 cm³/mol. The Labute approximate surface area is 94.1 Å². The Kier molecular flexibility index (Phi) is 4.48. The molecule has 2 atom stereocenters. The number of nitrogen functional groups attached to an aromatic ring is 1. The highest BCUT2D eigenvalue weighted by Crippen LogP contribution is 2.24. The molecule has 0 aliphatic carbocycles. The van der Waals surface area contributed by atoms with Gasteiger partial charge in [0.05, 0.1) is 13.2 Å². The Bertz CT molecular complexity index is 346. The van der Waals surface area contributed by atoms with Gasteiger partial charge in [-0.15, -0.1) is 0 Å². The monoisotopic (exact) mass is 227 g/mol. The van der Waals surface area contributed by atoms with Crippen molar-refractivity contribution in [3.8, 4) is 5.75 Å². The maximum atomic E-state index is 9.80. The number of nitrogens with two attached hydrogens (primary N) is 1. The smallest absolute Gasteiger partial charge is 0.166 e. The van der Waals surface area contributed by atoms with Crippen LogP contribution in [0.15, 0.2) is 12.3 Å². The fraction of sp³-hybridized carbons (Fsp3) is 0.500. The highest BCUT2D eigenvalue weighted by atomic mass is 16.5. The number of rotatable bonds is 5. The zero-order valence-electron chi connectivity index (χ0n) is 9.34. The van der Waals surface area contributed by atoms with Gasteiger partial charge in [0.1, 0.15) is 6.10 Å². The summed E-state index contributed by atoms with van der Waals surface area (Å²) in [6.07, 6.45) is -0.504. The molecule has 1 rings (SSSR count). The third kappa shape index (κ3) is 2.82. The standard InChI is InChI=1S/C10H17N3O3/c1-12-5-7(14)9(15)6-3-8(16-2)10(11)13-4-6/h3-4,7,9,12,14-15H,5H2,1-2H3,(H2,11,13). The first-order chi connectivity index (χ1) is 7.60. The Hall–Kier alpha value is -1.37. The summed E-state index contributed by atoms with van der Waals surface area (Å²) in [5, 5.41) is 22.2. The van der Waals surface area contributed by atoms with Crippen molar-refractivity contribution >= 4 is 5.82 Å². The molecule has 1 aromatic rings. The maximum Gasteiger partial charge on any atom is 0.166 e. The maximum absolute atomic E-state index is 9.80. The minimum absolute atomic E-state index is 0.251. The second-order valence-corrected chi connectivity index (χ2v) is 3.43. The SMILES string of the molecule is CNCC(O)C(O)c1cnc(N)c(OC)c1. The van der Waals surface area contributed by atoms with E-state index in [0.29, 0.717) is 11.3 Å². The van der Waals surface area contributed by atoms with Gasteiger partial charge in [-0.1, -0.05) is 0 Å². The molecule has 0 fully saturated rings. The molecule has 0 bridgehead atoms. The van der Waals surface area contributed by atoms with Gasteiger partial charge >= 0.3 is 0 Å². The minimum atomic E-state index is -1.02. The fourth-order valence-corrected chi connectivity index (χ4v) is 1.34. The Morgan fingerprint density at radius 3 is 2.81 bits per heavy atom. The van der Waals surface area contributed by atoms with Crippen molar-refractivity contribution in [2.45, 2.75) is 12.2 Å². The number of ether oxygens (including phenoxy) is 1. The molecule has 0 amide bonds. The van der Waals surface area contributed by atoms with Crippen molar-refractivity contribution in [1.82, 2.24) is 10.3 Å². The molecule has 1 aromatic heterocycles. The third-order valence-electron chi connectivity index (χ3n) is 2.24. The quantitative estimate of drug-likeness (QED) is 0.530. The molecule has 0 saturated carbocycles. The molecule has 0 aliphatic heterocycles. The third-order valence-corrected chi connectivity index (χ3v) is 2.24. The molecule has 0 aliphatic rings. The van der Waals surface area contributed by atoms with E-state index in [9.17, 15) is 10.2 Å². The van der Waals surface area contributed by atoms with E-state index < -0.39 is 12.2 Å². The van der Waals surface area contributed by atoms with E-state index in [4.69, 9.17) is 10.5 Å². The summed E-state index contributed by atoms with van der Waals surface area (Å²) in [5.41, 5.74) is 6.01. The molecule has 90 valence electrons. The molecular weight excluding hydrogens is 210 g/mol. The Morgan fingerprint density at radius 2 is 2.25 bits per heavy atom. The van der Waals surface area contributed by atoms with Gasteiger partial charge in [0.15, 0.2) is 11.6 Å². The summed E-state index contributed by atoms with van der Waals surface area (Å²) in [6, 6.07) is 1.56. The van der Waals surface area contributed by atoms with Gasteiger partial charge in [-0.2, -0.15) is 0 Å². The average Bonchev–Trinajstić information content (AvgIpc) is 2.29. The summed E-state index contributed by atoms with van der Waals surface area (Å²) in [5.74, 6) is 0.634. The first-order valence-corrected chi connectivity index (χ1v) is 4.90. The van der Waals surface area contributed by atoms with E-state index in [1.807, 2.05) is 0 Å². The second kappa shape index (κ2) is 5.64. The van der Waals surface area contributed by atoms with Crippen LogP contribution >= 0.6 is 0 Å². The molecule has 0 radical (unpaired) electrons. The van der Waals surface area contributed by atoms with Gasteiger partial charge in [-0.3, -0.25) is 0 Å². The first-order valence-electron chi connectivity index (χ1n) is 4.90. The van der Waals surface area contributed by atoms with Gasteiger partial charge in [-0.25, -0.2) is 4.98 Å². The van der Waals surface area contributed by atoms with Crippen LogP contribution in [-0.4, -0.2) is 42.0 Å². The number of methoxy groups -OCH3 is 1. The summed E-state index contributed by atoms with van der Waals surface area (Å²) >= 11 is 0. The van der Waals surface area contributed by atoms with E-state index >= 15 is 0 Å². The highest BCUT2D eigenvalue weighted by Gasteiger charge is 2.19. The summed E-state index contributed by atoms with van der Waals surface area (Å²) in [4.78, 5) is 3.87. The van der Waals surface area contributed by atoms with E-state index in [-0.39, 0.29) is 12.4 Å². The molecule has 1 heterocycles. The normalized spacial score (nSPS) is 14.5. The number of nitrogens with one attached hydrogen (secondary N) is 1. The largest absolute Gasteiger partial charge is 0.493 e. The Balaban J connectivity index is 2.87. The number of aromatic nitrogens is 1. The summed E-state index contributed by atoms with van der Waals surface area (Å²) in [7, 11) is 3.16. The molecule has 5 N–H and O–H groups in total. The lowest BCUT2D eigenvalue weighted by Crippen LogP contribution is -2.29. The molecular formula is C10H17N3O3. The van der Waals surface area contributed by atoms with Crippen LogP contribution in [0.2, 0.25) is 0 Å². The number of hydrogen-bond donors (Lipinski definition) is 4. The number of hydrogen-bond acceptors (Lipinski definition) is 6. The number of aliphatic hydroxyl groups excluding tert-OH is 2. The van der Waals surface area contributed by atoms with E-state index in [2.05, 4.69) is 10.3 Å². The zero-order chi connectivity index (χ0) is 12.1. The van der Waals surface area contributed by atoms with Crippen LogP contribution < -0.4 is 15.8 Å². The van der Waals surface area contributed by atoms with Crippen molar-refractivity contribution < 1.29 is 14.9 Å². The molecule has 0 spiro atoms. The summed E-state index contributed by atoms with van der Waals surface area (Å²) in [6.45, 7) is 0.286. The van der Waals surface area contributed by atoms with Crippen molar-refractivity contribution in [3.05, 3.63) is 17.8 Å². The van der Waals surface area contributed by atoms with Crippen LogP contribution in [0.5, 0.6) is 5.75 Å². The lowest BCUT2D eigenvalue weighted by molar-refractivity contribution is 0.0199. The predicted octanol–water partition coefficient (Wildman–Crippen LogP) is -0.714. The molecule has 0 saturated heterocycles. The number of nitrogens with zero attached hydrogens (tertiary/aromatic N) is 1. The number of anilines is 1. The van der Waals surface area contributed by atoms with Gasteiger partial charge in [0.2, 0.25) is 0 Å². The molecule has 6 heteroatoms. The van der Waals surface area contributed by atoms with Crippen molar-refractivity contribution in [2.24, 2.45) is 0 Å². The van der Waals surface area contributed by atoms with Crippen LogP contribution in [0.25, 0.3) is 0 Å². The lowest BCUT2D eigenvalue weighted by Gasteiger charge is -2.18. The minimum Gasteiger partial charge on any atom is -0.493 e. The average molecular weight is 227 g/mol. The number of aliphatic hydroxyl groups is 2. The van der Waals surface area contributed by atoms with Crippen molar-refractivity contribution in [2.75, 3.05) is 26.4 Å². The van der Waals surface area contributed by atoms with Gasteiger partial charge in [-0.05, 0) is 13.1 Å². The van der Waals surface area contributed by atoms with Gasteiger partial charge < -0.3 is 26.0 Å². The van der Waals surface area contributed by atoms with Crippen LogP contribution in [0.3, 0.4) is 0 Å². The summed E-state index contributed by atoms with van der Waals surface area (Å²) < 4.78 is 4.98. The molecule has 0 aromatic carbocycles. The lowest BCUT2D eigenvalue weighted by atomic mass is 10.1. The van der Waals surface area contributed by atoms with Gasteiger partial charge in [0, 0.05) is 18.3 Å². The number of likely N-dealkylation sites (N-methyl/N-ethyl adjacent to an activating group) is 1. The molecule has 6 nitrogen and oxygen atoms in total. The molecule has 2 unspecified atom stereocenters. The van der Waals surface area contributed by atoms with E-state index in [0.717, 1.165) is 0 Å². The van der Waals surface area contributed by atoms with E-state index in [1.54, 1.807) is 13.1 Å². The zero-order valence-corrected chi connectivity index (χ0v) is 9.34. The molecule has 16 heavy (non-hydrogen) atoms. The topological polar surface area (TPSA) is 101 Å². The van der Waals surface area contributed by atoms with Crippen molar-refractivity contribution in [1.29, 1.82) is 0 Å². The highest BCUT2D eigenvalue weighted by molar-refractivity contribution is 5.47. The first kappa shape index (κ1) is 12.7. The Morgan fingerprint density at radius 1 is 1.56 bits per heavy atom. The van der Waals surface area contributed by atoms with Crippen LogP contribution in [0.4, 0.5) is 5.82 Å². The second-order valence-electron chi connectivity index (χ2n) is 3.43. The van der Waals surface area contributed by atoms with Gasteiger partial charge in [0.25, 0.3) is 0 Å².